The van der Waals surface area contributed by atoms with Gasteiger partial charge in [-0.3, -0.25) is 4.79 Å². The van der Waals surface area contributed by atoms with Crippen molar-refractivity contribution in [2.24, 2.45) is 0 Å². The molecule has 1 aromatic carbocycles. The summed E-state index contributed by atoms with van der Waals surface area (Å²) in [4.78, 5) is 14.9. The molecule has 0 atom stereocenters. The monoisotopic (exact) mass is 331 g/mol. The third kappa shape index (κ3) is 2.55. The van der Waals surface area contributed by atoms with E-state index in [0.717, 1.165) is 15.7 Å². The molecule has 20 heavy (non-hydrogen) atoms. The van der Waals surface area contributed by atoms with Crippen LogP contribution in [0.3, 0.4) is 0 Å². The first-order chi connectivity index (χ1) is 9.61. The number of halogens is 1. The fourth-order valence-electron chi connectivity index (χ4n) is 1.97. The number of hydrogen-bond donors (Lipinski definition) is 1. The summed E-state index contributed by atoms with van der Waals surface area (Å²) in [5.41, 5.74) is 2.92. The maximum absolute atomic E-state index is 10.7. The fraction of sp³-hybridized carbons (Fsp3) is 0.0714. The molecule has 0 spiro atoms. The molecule has 1 N–H and O–H groups in total. The highest BCUT2D eigenvalue weighted by atomic mass is 79.9. The van der Waals surface area contributed by atoms with E-state index < -0.39 is 5.97 Å². The Morgan fingerprint density at radius 3 is 2.90 bits per heavy atom. The van der Waals surface area contributed by atoms with Crippen molar-refractivity contribution in [2.45, 2.75) is 6.42 Å². The quantitative estimate of drug-likeness (QED) is 0.801. The third-order valence-electron chi connectivity index (χ3n) is 2.82. The van der Waals surface area contributed by atoms with Gasteiger partial charge in [-0.1, -0.05) is 28.1 Å². The van der Waals surface area contributed by atoms with E-state index in [-0.39, 0.29) is 6.42 Å². The molecule has 100 valence electrons. The smallest absolute Gasteiger partial charge is 0.309 e. The number of aliphatic carboxylic acids is 1. The number of carbonyl (C=O) groups is 1. The summed E-state index contributed by atoms with van der Waals surface area (Å²) in [6.07, 6.45) is 1.54. The Kier molecular flexibility index (Phi) is 3.23. The largest absolute Gasteiger partial charge is 0.481 e. The first kappa shape index (κ1) is 12.8. The molecule has 3 rings (SSSR count). The van der Waals surface area contributed by atoms with E-state index in [1.807, 2.05) is 36.4 Å². The van der Waals surface area contributed by atoms with Crippen LogP contribution in [0.5, 0.6) is 0 Å². The Morgan fingerprint density at radius 2 is 2.15 bits per heavy atom. The van der Waals surface area contributed by atoms with Gasteiger partial charge in [-0.2, -0.15) is 5.10 Å². The summed E-state index contributed by atoms with van der Waals surface area (Å²) < 4.78 is 2.59. The lowest BCUT2D eigenvalue weighted by molar-refractivity contribution is -0.136. The van der Waals surface area contributed by atoms with E-state index in [1.165, 1.54) is 0 Å². The number of imidazole rings is 1. The van der Waals surface area contributed by atoms with Gasteiger partial charge in [-0.15, -0.1) is 0 Å². The molecule has 0 unspecified atom stereocenters. The van der Waals surface area contributed by atoms with E-state index in [0.29, 0.717) is 11.3 Å². The van der Waals surface area contributed by atoms with Gasteiger partial charge in [-0.05, 0) is 24.3 Å². The van der Waals surface area contributed by atoms with Crippen LogP contribution >= 0.6 is 15.9 Å². The van der Waals surface area contributed by atoms with E-state index in [9.17, 15) is 4.79 Å². The van der Waals surface area contributed by atoms with Crippen molar-refractivity contribution in [3.63, 3.8) is 0 Å². The van der Waals surface area contributed by atoms with Crippen LogP contribution in [0.25, 0.3) is 16.9 Å². The molecule has 5 nitrogen and oxygen atoms in total. The summed E-state index contributed by atoms with van der Waals surface area (Å²) in [5.74, 6) is -0.902. The molecule has 0 aliphatic heterocycles. The van der Waals surface area contributed by atoms with E-state index in [4.69, 9.17) is 5.11 Å². The molecule has 0 saturated heterocycles. The number of carboxylic acid groups (broad SMARTS) is 1. The van der Waals surface area contributed by atoms with Gasteiger partial charge in [0.05, 0.1) is 24.0 Å². The van der Waals surface area contributed by atoms with Crippen LogP contribution in [0.15, 0.2) is 47.1 Å². The first-order valence-corrected chi connectivity index (χ1v) is 6.74. The molecular formula is C14H10BrN3O2. The van der Waals surface area contributed by atoms with Crippen LogP contribution in [-0.2, 0) is 11.2 Å². The van der Waals surface area contributed by atoms with Gasteiger partial charge in [0, 0.05) is 10.0 Å². The molecule has 0 bridgehead atoms. The van der Waals surface area contributed by atoms with Gasteiger partial charge in [0.1, 0.15) is 0 Å². The number of hydrogen-bond acceptors (Lipinski definition) is 3. The normalized spacial score (nSPS) is 10.8. The van der Waals surface area contributed by atoms with E-state index in [2.05, 4.69) is 26.0 Å². The number of aromatic nitrogens is 3. The molecule has 3 aromatic rings. The van der Waals surface area contributed by atoms with Crippen LogP contribution in [0.4, 0.5) is 0 Å². The summed E-state index contributed by atoms with van der Waals surface area (Å²) in [6, 6.07) is 11.5. The molecule has 0 amide bonds. The SMILES string of the molecule is O=C(O)Cc1cn2nc(-c3cccc(Br)c3)ccc2n1. The topological polar surface area (TPSA) is 67.5 Å². The maximum atomic E-state index is 10.7. The number of fused-ring (bicyclic) bond motifs is 1. The van der Waals surface area contributed by atoms with Gasteiger partial charge in [0.25, 0.3) is 0 Å². The highest BCUT2D eigenvalue weighted by Crippen LogP contribution is 2.21. The van der Waals surface area contributed by atoms with Gasteiger partial charge >= 0.3 is 5.97 Å². The van der Waals surface area contributed by atoms with Crippen LogP contribution in [0.2, 0.25) is 0 Å². The Balaban J connectivity index is 2.04. The number of carboxylic acids is 1. The van der Waals surface area contributed by atoms with Crippen molar-refractivity contribution < 1.29 is 9.90 Å². The van der Waals surface area contributed by atoms with Crippen molar-refractivity contribution in [1.82, 2.24) is 14.6 Å². The Bertz CT molecular complexity index is 798. The van der Waals surface area contributed by atoms with E-state index >= 15 is 0 Å². The fourth-order valence-corrected chi connectivity index (χ4v) is 2.37. The number of rotatable bonds is 3. The van der Waals surface area contributed by atoms with Crippen molar-refractivity contribution in [3.8, 4) is 11.3 Å². The summed E-state index contributed by atoms with van der Waals surface area (Å²) in [5, 5.41) is 13.2. The molecule has 0 aliphatic rings. The third-order valence-corrected chi connectivity index (χ3v) is 3.32. The Morgan fingerprint density at radius 1 is 1.30 bits per heavy atom. The zero-order chi connectivity index (χ0) is 14.1. The van der Waals surface area contributed by atoms with Crippen LogP contribution in [0, 0.1) is 0 Å². The van der Waals surface area contributed by atoms with Gasteiger partial charge in [0.15, 0.2) is 5.65 Å². The number of benzene rings is 1. The maximum Gasteiger partial charge on any atom is 0.309 e. The minimum Gasteiger partial charge on any atom is -0.481 e. The standard InChI is InChI=1S/C14H10BrN3O2/c15-10-3-1-2-9(6-10)12-4-5-13-16-11(7-14(19)20)8-18(13)17-12/h1-6,8H,7H2,(H,19,20). The highest BCUT2D eigenvalue weighted by molar-refractivity contribution is 9.10. The predicted molar refractivity (Wildman–Crippen MR) is 77.5 cm³/mol. The molecule has 2 aromatic heterocycles. The van der Waals surface area contributed by atoms with Crippen LogP contribution < -0.4 is 0 Å². The molecule has 2 heterocycles. The molecule has 0 saturated carbocycles. The van der Waals surface area contributed by atoms with Crippen LogP contribution in [0.1, 0.15) is 5.69 Å². The second kappa shape index (κ2) is 5.05. The minimum atomic E-state index is -0.902. The van der Waals surface area contributed by atoms with Crippen molar-refractivity contribution in [2.75, 3.05) is 0 Å². The van der Waals surface area contributed by atoms with Crippen LogP contribution in [-0.4, -0.2) is 25.7 Å². The van der Waals surface area contributed by atoms with E-state index in [1.54, 1.807) is 10.7 Å². The molecule has 0 fully saturated rings. The van der Waals surface area contributed by atoms with Gasteiger partial charge < -0.3 is 5.11 Å². The summed E-state index contributed by atoms with van der Waals surface area (Å²) >= 11 is 3.43. The number of nitrogens with zero attached hydrogens (tertiary/aromatic N) is 3. The lowest BCUT2D eigenvalue weighted by Crippen LogP contribution is -1.99. The minimum absolute atomic E-state index is 0.102. The molecule has 0 aliphatic carbocycles. The zero-order valence-electron chi connectivity index (χ0n) is 10.3. The second-order valence-electron chi connectivity index (χ2n) is 4.33. The Labute approximate surface area is 123 Å². The Hall–Kier alpha value is -2.21. The molecular weight excluding hydrogens is 322 g/mol. The van der Waals surface area contributed by atoms with Crippen molar-refractivity contribution in [3.05, 3.63) is 52.8 Å². The summed E-state index contributed by atoms with van der Waals surface area (Å²) in [7, 11) is 0. The predicted octanol–water partition coefficient (Wildman–Crippen LogP) is 2.79. The van der Waals surface area contributed by atoms with Crippen molar-refractivity contribution in [1.29, 1.82) is 0 Å². The lowest BCUT2D eigenvalue weighted by Gasteiger charge is -2.01. The second-order valence-corrected chi connectivity index (χ2v) is 5.25. The summed E-state index contributed by atoms with van der Waals surface area (Å²) in [6.45, 7) is 0. The van der Waals surface area contributed by atoms with Gasteiger partial charge in [-0.25, -0.2) is 9.50 Å². The molecule has 6 heteroatoms. The average Bonchev–Trinajstić information content (AvgIpc) is 2.78. The van der Waals surface area contributed by atoms with Gasteiger partial charge in [0.2, 0.25) is 0 Å². The average molecular weight is 332 g/mol. The van der Waals surface area contributed by atoms with Crippen molar-refractivity contribution >= 4 is 27.5 Å². The highest BCUT2D eigenvalue weighted by Gasteiger charge is 2.08. The first-order valence-electron chi connectivity index (χ1n) is 5.95. The lowest BCUT2D eigenvalue weighted by atomic mass is 10.1. The molecule has 0 radical (unpaired) electrons. The zero-order valence-corrected chi connectivity index (χ0v) is 11.9.